The Bertz CT molecular complexity index is 3470. The first-order valence-corrected chi connectivity index (χ1v) is 27.8. The van der Waals surface area contributed by atoms with Crippen LogP contribution in [-0.2, 0) is 60.9 Å². The minimum Gasteiger partial charge on any atom is -0.399 e. The van der Waals surface area contributed by atoms with Crippen LogP contribution in [0.1, 0.15) is 70.5 Å². The number of hydrogen-bond acceptors (Lipinski definition) is 6. The lowest BCUT2D eigenvalue weighted by Crippen LogP contribution is -2.53. The monoisotopic (exact) mass is 1080 g/mol. The molecule has 1 N–H and O–H groups in total. The van der Waals surface area contributed by atoms with Gasteiger partial charge in [0.15, 0.2) is 25.3 Å². The first-order valence-electron chi connectivity index (χ1n) is 21.5. The molecule has 0 bridgehead atoms. The molecule has 25 heteroatoms. The van der Waals surface area contributed by atoms with Crippen molar-refractivity contribution in [2.24, 2.45) is 0 Å². The molecule has 72 heavy (non-hydrogen) atoms. The molecule has 2 aliphatic rings. The highest BCUT2D eigenvalue weighted by molar-refractivity contribution is 7.90. The van der Waals surface area contributed by atoms with E-state index in [9.17, 15) is 61.5 Å². The molecule has 0 spiro atoms. The zero-order valence-electron chi connectivity index (χ0n) is 38.3. The quantitative estimate of drug-likeness (QED) is 0.101. The molecule has 0 aliphatic heterocycles. The smallest absolute Gasteiger partial charge is 0.399 e. The van der Waals surface area contributed by atoms with Crippen LogP contribution in [0.3, 0.4) is 0 Å². The van der Waals surface area contributed by atoms with Crippen LogP contribution in [0.5, 0.6) is 0 Å². The Balaban J connectivity index is 0.000000213. The Hall–Kier alpha value is -5.86. The van der Waals surface area contributed by atoms with Crippen molar-refractivity contribution < 1.29 is 79.1 Å². The first-order chi connectivity index (χ1) is 33.0. The summed E-state index contributed by atoms with van der Waals surface area (Å²) in [5.41, 5.74) is -14.3. The molecule has 0 fully saturated rings. The molecule has 2 aliphatic carbocycles. The summed E-state index contributed by atoms with van der Waals surface area (Å²) in [6.45, 7) is 22.2. The highest BCUT2D eigenvalue weighted by Gasteiger charge is 2.64. The summed E-state index contributed by atoms with van der Waals surface area (Å²) in [5.74, 6) is 0. The lowest BCUT2D eigenvalue weighted by molar-refractivity contribution is -0.273. The Morgan fingerprint density at radius 3 is 1.32 bits per heavy atom. The maximum atomic E-state index is 15.1. The number of hydrogen-bond donors (Lipinski definition) is 1. The minimum absolute atomic E-state index is 0.0223. The predicted octanol–water partition coefficient (Wildman–Crippen LogP) is 13.5. The fraction of sp³-hybridized carbons (Fsp3) is 0.362. The lowest BCUT2D eigenvalue weighted by Gasteiger charge is -2.43. The third kappa shape index (κ3) is 9.04. The SMILES string of the molecule is [C-]#[N+]c1cc(C(F)(F)F)c2c(c1)c1c(n2S(=O)(=O)c2ccc(C)cc2)C(O)(C(F)(F)F)CCC1.[C-]#[N+]c1cc(C(F)(F)F)c2c(c1)c1c(n2S(=O)(=O)c2ccc(C)cc2)C(O[Si](C)(C)C)(C(F)(F)F)CCC1. The molecular weight excluding hydrogens is 1040 g/mol. The molecule has 0 saturated carbocycles. The number of nitrogens with zero attached hydrogens (tertiary/aromatic N) is 4. The van der Waals surface area contributed by atoms with Gasteiger partial charge < -0.3 is 9.53 Å². The summed E-state index contributed by atoms with van der Waals surface area (Å²) >= 11 is 0. The second kappa shape index (κ2) is 17.7. The van der Waals surface area contributed by atoms with Gasteiger partial charge in [-0.3, -0.25) is 0 Å². The van der Waals surface area contributed by atoms with Gasteiger partial charge in [-0.1, -0.05) is 35.4 Å². The number of aliphatic hydroxyl groups is 1. The van der Waals surface area contributed by atoms with Gasteiger partial charge in [-0.2, -0.15) is 52.7 Å². The van der Waals surface area contributed by atoms with Crippen LogP contribution in [0.15, 0.2) is 82.6 Å². The van der Waals surface area contributed by atoms with Gasteiger partial charge in [-0.25, -0.2) is 34.5 Å². The summed E-state index contributed by atoms with van der Waals surface area (Å²) < 4.78 is 234. The van der Waals surface area contributed by atoms with E-state index in [0.29, 0.717) is 23.3 Å². The van der Waals surface area contributed by atoms with Crippen molar-refractivity contribution in [2.45, 2.75) is 118 Å². The van der Waals surface area contributed by atoms with Crippen molar-refractivity contribution >= 4 is 61.5 Å². The normalized spacial score (nSPS) is 19.0. The minimum atomic E-state index is -5.38. The number of fused-ring (bicyclic) bond motifs is 6. The molecule has 4 aromatic carbocycles. The topological polar surface area (TPSA) is 116 Å². The number of benzene rings is 4. The summed E-state index contributed by atoms with van der Waals surface area (Å²) in [7, 11) is -13.1. The Morgan fingerprint density at radius 1 is 0.597 bits per heavy atom. The van der Waals surface area contributed by atoms with Crippen LogP contribution in [0.25, 0.3) is 31.5 Å². The third-order valence-electron chi connectivity index (χ3n) is 12.3. The van der Waals surface area contributed by atoms with Crippen molar-refractivity contribution in [1.82, 2.24) is 7.94 Å². The number of aromatic nitrogens is 2. The van der Waals surface area contributed by atoms with Gasteiger partial charge in [-0.15, -0.1) is 0 Å². The number of aryl methyl sites for hydroxylation is 4. The molecule has 2 unspecified atom stereocenters. The van der Waals surface area contributed by atoms with E-state index < -0.39 is 137 Å². The molecular formula is C47H40F12N4O6S2Si. The number of alkyl halides is 12. The van der Waals surface area contributed by atoms with Crippen LogP contribution in [-0.4, -0.2) is 50.6 Å². The standard InChI is InChI=1S/C25H24F6N2O3SSi.C22H16F6N2O3S/c1-15-8-10-17(11-9-15)37(34,35)33-21-19(13-16(32-2)14-20(21)24(26,27)28)18-7-6-12-23(22(18)33,25(29,30)31)36-38(3,4)5;1-12-5-7-14(8-6-12)34(32,33)30-18-16(10-13(29-2)11-17(18)21(23,24)25)15-4-3-9-20(31,19(15)30)22(26,27)28/h8-11,13-14H,6-7,12H2,1,3-5H3;5-8,10-11,31H,3-4,9H2,1H3. The van der Waals surface area contributed by atoms with Crippen molar-refractivity contribution in [1.29, 1.82) is 0 Å². The van der Waals surface area contributed by atoms with Gasteiger partial charge >= 0.3 is 24.7 Å². The van der Waals surface area contributed by atoms with Crippen molar-refractivity contribution in [3.05, 3.63) is 140 Å². The van der Waals surface area contributed by atoms with E-state index >= 15 is 13.2 Å². The average Bonchev–Trinajstić information content (AvgIpc) is 3.80. The summed E-state index contributed by atoms with van der Waals surface area (Å²) in [6.07, 6.45) is -23.2. The zero-order valence-corrected chi connectivity index (χ0v) is 40.9. The lowest BCUT2D eigenvalue weighted by atomic mass is 9.82. The van der Waals surface area contributed by atoms with Gasteiger partial charge in [-0.05, 0) is 142 Å². The van der Waals surface area contributed by atoms with Crippen molar-refractivity contribution in [2.75, 3.05) is 0 Å². The molecule has 384 valence electrons. The maximum absolute atomic E-state index is 15.1. The number of halogens is 12. The van der Waals surface area contributed by atoms with Gasteiger partial charge in [0.05, 0.1) is 56.5 Å². The zero-order chi connectivity index (χ0) is 53.7. The van der Waals surface area contributed by atoms with Gasteiger partial charge in [0.25, 0.3) is 20.0 Å². The molecule has 10 nitrogen and oxygen atoms in total. The fourth-order valence-electron chi connectivity index (χ4n) is 9.37. The highest BCUT2D eigenvalue weighted by Crippen LogP contribution is 2.56. The van der Waals surface area contributed by atoms with Crippen molar-refractivity contribution in [3.8, 4) is 0 Å². The van der Waals surface area contributed by atoms with E-state index in [2.05, 4.69) is 9.69 Å². The van der Waals surface area contributed by atoms with Gasteiger partial charge in [0.1, 0.15) is 0 Å². The van der Waals surface area contributed by atoms with Crippen LogP contribution >= 0.6 is 0 Å². The fourth-order valence-corrected chi connectivity index (χ4v) is 14.0. The largest absolute Gasteiger partial charge is 0.422 e. The third-order valence-corrected chi connectivity index (χ3v) is 16.7. The van der Waals surface area contributed by atoms with E-state index in [-0.39, 0.29) is 50.1 Å². The molecule has 2 atom stereocenters. The average molecular weight is 1080 g/mol. The second-order valence-electron chi connectivity index (χ2n) is 18.4. The Morgan fingerprint density at radius 2 is 0.972 bits per heavy atom. The number of rotatable bonds is 6. The highest BCUT2D eigenvalue weighted by atomic mass is 32.2. The van der Waals surface area contributed by atoms with Gasteiger partial charge in [0, 0.05) is 0 Å². The summed E-state index contributed by atoms with van der Waals surface area (Å²) in [4.78, 5) is 5.03. The first kappa shape index (κ1) is 53.9. The molecule has 8 rings (SSSR count). The van der Waals surface area contributed by atoms with Crippen LogP contribution in [0.4, 0.5) is 64.1 Å². The molecule has 6 aromatic rings. The molecule has 2 aromatic heterocycles. The van der Waals surface area contributed by atoms with E-state index in [1.54, 1.807) is 13.8 Å². The van der Waals surface area contributed by atoms with Crippen LogP contribution < -0.4 is 0 Å². The Labute approximate surface area is 405 Å². The van der Waals surface area contributed by atoms with Crippen molar-refractivity contribution in [3.63, 3.8) is 0 Å². The summed E-state index contributed by atoms with van der Waals surface area (Å²) in [5, 5.41) is 9.94. The molecule has 0 saturated heterocycles. The van der Waals surface area contributed by atoms with E-state index in [1.807, 2.05) is 0 Å². The van der Waals surface area contributed by atoms with E-state index in [1.165, 1.54) is 43.9 Å². The molecule has 0 amide bonds. The van der Waals surface area contributed by atoms with E-state index in [0.717, 1.165) is 36.4 Å². The van der Waals surface area contributed by atoms with E-state index in [4.69, 9.17) is 17.6 Å². The van der Waals surface area contributed by atoms with Gasteiger partial charge in [0.2, 0.25) is 5.60 Å². The molecule has 0 radical (unpaired) electrons. The summed E-state index contributed by atoms with van der Waals surface area (Å²) in [6, 6.07) is 12.8. The molecule has 2 heterocycles. The predicted molar refractivity (Wildman–Crippen MR) is 242 cm³/mol. The second-order valence-corrected chi connectivity index (χ2v) is 26.4. The maximum Gasteiger partial charge on any atom is 0.422 e. The van der Waals surface area contributed by atoms with Crippen LogP contribution in [0.2, 0.25) is 19.6 Å². The Kier molecular flexibility index (Phi) is 13.2. The van der Waals surface area contributed by atoms with Crippen LogP contribution in [0, 0.1) is 27.0 Å².